The number of fused-ring (bicyclic) bond motifs is 1. The summed E-state index contributed by atoms with van der Waals surface area (Å²) in [6.45, 7) is 1.23. The molecule has 0 saturated carbocycles. The fraction of sp³-hybridized carbons (Fsp3) is 0.250. The first-order valence-corrected chi connectivity index (χ1v) is 9.14. The average Bonchev–Trinajstić information content (AvgIpc) is 2.66. The SMILES string of the molecule is CC(=O)c1ccc(S(=O)(=O)N2Cc3nccnc3CC2C(=O)NO)cc1. The summed E-state index contributed by atoms with van der Waals surface area (Å²) in [6, 6.07) is 4.28. The van der Waals surface area contributed by atoms with Gasteiger partial charge in [-0.2, -0.15) is 4.31 Å². The minimum Gasteiger partial charge on any atom is -0.295 e. The van der Waals surface area contributed by atoms with Crippen molar-refractivity contribution in [1.82, 2.24) is 19.8 Å². The molecule has 1 aromatic carbocycles. The molecule has 26 heavy (non-hydrogen) atoms. The van der Waals surface area contributed by atoms with Gasteiger partial charge >= 0.3 is 0 Å². The smallest absolute Gasteiger partial charge is 0.262 e. The summed E-state index contributed by atoms with van der Waals surface area (Å²) in [5.41, 5.74) is 2.83. The molecule has 1 aromatic heterocycles. The Morgan fingerprint density at radius 2 is 1.77 bits per heavy atom. The number of ketones is 1. The normalized spacial score (nSPS) is 17.4. The largest absolute Gasteiger partial charge is 0.295 e. The zero-order chi connectivity index (χ0) is 18.9. The number of hydroxylamine groups is 1. The number of aromatic nitrogens is 2. The highest BCUT2D eigenvalue weighted by atomic mass is 32.2. The quantitative estimate of drug-likeness (QED) is 0.446. The van der Waals surface area contributed by atoms with Crippen molar-refractivity contribution in [2.45, 2.75) is 30.8 Å². The molecule has 0 fully saturated rings. The number of carbonyl (C=O) groups is 2. The van der Waals surface area contributed by atoms with E-state index < -0.39 is 22.0 Å². The number of Topliss-reactive ketones (excluding diaryl/α,β-unsaturated/α-hetero) is 1. The number of rotatable bonds is 4. The van der Waals surface area contributed by atoms with Gasteiger partial charge in [0.25, 0.3) is 5.91 Å². The molecular formula is C16H16N4O5S. The fourth-order valence-electron chi connectivity index (χ4n) is 2.79. The van der Waals surface area contributed by atoms with Gasteiger partial charge in [-0.25, -0.2) is 13.9 Å². The van der Waals surface area contributed by atoms with Crippen LogP contribution in [0.5, 0.6) is 0 Å². The molecule has 1 aliphatic rings. The van der Waals surface area contributed by atoms with Crippen LogP contribution in [0.3, 0.4) is 0 Å². The lowest BCUT2D eigenvalue weighted by Gasteiger charge is -2.33. The Kier molecular flexibility index (Phi) is 4.81. The van der Waals surface area contributed by atoms with Gasteiger partial charge < -0.3 is 0 Å². The van der Waals surface area contributed by atoms with Crippen LogP contribution in [0.2, 0.25) is 0 Å². The van der Waals surface area contributed by atoms with Gasteiger partial charge in [-0.15, -0.1) is 0 Å². The minimum atomic E-state index is -4.07. The van der Waals surface area contributed by atoms with Gasteiger partial charge in [0, 0.05) is 24.4 Å². The number of hydrogen-bond acceptors (Lipinski definition) is 7. The molecule has 136 valence electrons. The summed E-state index contributed by atoms with van der Waals surface area (Å²) in [4.78, 5) is 31.6. The predicted octanol–water partition coefficient (Wildman–Crippen LogP) is 0.300. The zero-order valence-electron chi connectivity index (χ0n) is 13.8. The second-order valence-electron chi connectivity index (χ2n) is 5.78. The molecule has 3 rings (SSSR count). The first-order chi connectivity index (χ1) is 12.3. The standard InChI is InChI=1S/C16H16N4O5S/c1-10(21)11-2-4-12(5-3-11)26(24,25)20-9-14-13(17-6-7-18-14)8-15(20)16(22)19-23/h2-7,15,23H,8-9H2,1H3,(H,19,22). The van der Waals surface area contributed by atoms with E-state index >= 15 is 0 Å². The maximum absolute atomic E-state index is 13.0. The van der Waals surface area contributed by atoms with Crippen molar-refractivity contribution in [3.8, 4) is 0 Å². The van der Waals surface area contributed by atoms with Gasteiger partial charge in [0.05, 0.1) is 22.8 Å². The summed E-state index contributed by atoms with van der Waals surface area (Å²) < 4.78 is 27.1. The van der Waals surface area contributed by atoms with E-state index in [1.54, 1.807) is 0 Å². The third-order valence-corrected chi connectivity index (χ3v) is 6.05. The molecule has 1 amide bonds. The molecule has 2 aromatic rings. The molecule has 9 nitrogen and oxygen atoms in total. The third kappa shape index (κ3) is 3.21. The van der Waals surface area contributed by atoms with E-state index in [1.807, 2.05) is 0 Å². The molecule has 2 heterocycles. The van der Waals surface area contributed by atoms with Gasteiger partial charge in [0.2, 0.25) is 10.0 Å². The van der Waals surface area contributed by atoms with Crippen LogP contribution in [0.25, 0.3) is 0 Å². The topological polar surface area (TPSA) is 130 Å². The lowest BCUT2D eigenvalue weighted by atomic mass is 10.0. The van der Waals surface area contributed by atoms with Crippen molar-refractivity contribution in [3.63, 3.8) is 0 Å². The van der Waals surface area contributed by atoms with Crippen LogP contribution in [0.4, 0.5) is 0 Å². The van der Waals surface area contributed by atoms with Crippen LogP contribution in [0, 0.1) is 0 Å². The van der Waals surface area contributed by atoms with Crippen molar-refractivity contribution in [1.29, 1.82) is 0 Å². The van der Waals surface area contributed by atoms with Crippen molar-refractivity contribution in [3.05, 3.63) is 53.6 Å². The number of amides is 1. The molecule has 0 radical (unpaired) electrons. The Bertz CT molecular complexity index is 959. The van der Waals surface area contributed by atoms with Crippen LogP contribution in [-0.4, -0.2) is 45.6 Å². The highest BCUT2D eigenvalue weighted by molar-refractivity contribution is 7.89. The van der Waals surface area contributed by atoms with E-state index in [1.165, 1.54) is 49.1 Å². The molecule has 1 aliphatic heterocycles. The molecule has 1 unspecified atom stereocenters. The van der Waals surface area contributed by atoms with Gasteiger partial charge in [-0.1, -0.05) is 12.1 Å². The molecule has 0 bridgehead atoms. The minimum absolute atomic E-state index is 0.0136. The Balaban J connectivity index is 2.03. The second kappa shape index (κ2) is 6.90. The van der Waals surface area contributed by atoms with Gasteiger partial charge in [0.1, 0.15) is 6.04 Å². The average molecular weight is 376 g/mol. The number of sulfonamides is 1. The zero-order valence-corrected chi connectivity index (χ0v) is 14.6. The van der Waals surface area contributed by atoms with E-state index in [9.17, 15) is 18.0 Å². The molecule has 2 N–H and O–H groups in total. The lowest BCUT2D eigenvalue weighted by molar-refractivity contribution is -0.133. The third-order valence-electron chi connectivity index (χ3n) is 4.18. The highest BCUT2D eigenvalue weighted by Crippen LogP contribution is 2.27. The summed E-state index contributed by atoms with van der Waals surface area (Å²) in [6.07, 6.45) is 2.88. The predicted molar refractivity (Wildman–Crippen MR) is 88.6 cm³/mol. The molecule has 0 spiro atoms. The Labute approximate surface area is 149 Å². The number of benzene rings is 1. The van der Waals surface area contributed by atoms with E-state index in [4.69, 9.17) is 5.21 Å². The molecule has 0 aliphatic carbocycles. The summed E-state index contributed by atoms with van der Waals surface area (Å²) in [5.74, 6) is -1.04. The van der Waals surface area contributed by atoms with E-state index in [2.05, 4.69) is 9.97 Å². The van der Waals surface area contributed by atoms with Crippen molar-refractivity contribution in [2.75, 3.05) is 0 Å². The van der Waals surface area contributed by atoms with Crippen LogP contribution in [0.1, 0.15) is 28.7 Å². The van der Waals surface area contributed by atoms with Crippen LogP contribution in [-0.2, 0) is 27.8 Å². The molecular weight excluding hydrogens is 360 g/mol. The monoisotopic (exact) mass is 376 g/mol. The fourth-order valence-corrected chi connectivity index (χ4v) is 4.34. The molecule has 1 atom stereocenters. The van der Waals surface area contributed by atoms with Gasteiger partial charge in [-0.3, -0.25) is 24.8 Å². The van der Waals surface area contributed by atoms with Crippen molar-refractivity contribution >= 4 is 21.7 Å². The Hall–Kier alpha value is -2.69. The van der Waals surface area contributed by atoms with Crippen molar-refractivity contribution < 1.29 is 23.2 Å². The second-order valence-corrected chi connectivity index (χ2v) is 7.67. The highest BCUT2D eigenvalue weighted by Gasteiger charge is 2.40. The van der Waals surface area contributed by atoms with E-state index in [0.29, 0.717) is 17.0 Å². The van der Waals surface area contributed by atoms with Gasteiger partial charge in [-0.05, 0) is 19.1 Å². The number of hydrogen-bond donors (Lipinski definition) is 2. The number of nitrogens with one attached hydrogen (secondary N) is 1. The van der Waals surface area contributed by atoms with Crippen LogP contribution < -0.4 is 5.48 Å². The Morgan fingerprint density at radius 3 is 2.35 bits per heavy atom. The maximum atomic E-state index is 13.0. The summed E-state index contributed by atoms with van der Waals surface area (Å²) >= 11 is 0. The molecule has 0 saturated heterocycles. The lowest BCUT2D eigenvalue weighted by Crippen LogP contribution is -2.52. The first kappa shape index (κ1) is 18.1. The van der Waals surface area contributed by atoms with E-state index in [-0.39, 0.29) is 23.6 Å². The summed E-state index contributed by atoms with van der Waals surface area (Å²) in [7, 11) is -4.07. The number of nitrogens with zero attached hydrogens (tertiary/aromatic N) is 3. The Morgan fingerprint density at radius 1 is 1.15 bits per heavy atom. The van der Waals surface area contributed by atoms with Gasteiger partial charge in [0.15, 0.2) is 5.78 Å². The maximum Gasteiger partial charge on any atom is 0.262 e. The van der Waals surface area contributed by atoms with Crippen LogP contribution in [0.15, 0.2) is 41.6 Å². The van der Waals surface area contributed by atoms with Crippen LogP contribution >= 0.6 is 0 Å². The van der Waals surface area contributed by atoms with E-state index in [0.717, 1.165) is 4.31 Å². The molecule has 10 heteroatoms. The summed E-state index contributed by atoms with van der Waals surface area (Å²) in [5, 5.41) is 8.99. The number of carbonyl (C=O) groups excluding carboxylic acids is 2. The first-order valence-electron chi connectivity index (χ1n) is 7.70. The van der Waals surface area contributed by atoms with Crippen molar-refractivity contribution in [2.24, 2.45) is 0 Å².